The number of non-ortho nitro benzene ring substituents is 1. The van der Waals surface area contributed by atoms with E-state index in [0.717, 1.165) is 11.1 Å². The van der Waals surface area contributed by atoms with Gasteiger partial charge in [0.2, 0.25) is 0 Å². The molecule has 4 heteroatoms. The van der Waals surface area contributed by atoms with Crippen LogP contribution in [0.4, 0.5) is 5.69 Å². The maximum absolute atomic E-state index is 11.1. The van der Waals surface area contributed by atoms with Crippen molar-refractivity contribution in [1.29, 1.82) is 0 Å². The van der Waals surface area contributed by atoms with E-state index in [4.69, 9.17) is 0 Å². The summed E-state index contributed by atoms with van der Waals surface area (Å²) in [6, 6.07) is 14.6. The van der Waals surface area contributed by atoms with E-state index in [1.807, 2.05) is 53.4 Å². The quantitative estimate of drug-likeness (QED) is 0.506. The van der Waals surface area contributed by atoms with Crippen LogP contribution in [0.25, 0.3) is 16.5 Å². The van der Waals surface area contributed by atoms with Crippen molar-refractivity contribution in [2.75, 3.05) is 0 Å². The van der Waals surface area contributed by atoms with Crippen LogP contribution in [0.15, 0.2) is 60.9 Å². The summed E-state index contributed by atoms with van der Waals surface area (Å²) in [5, 5.41) is 12.7. The highest BCUT2D eigenvalue weighted by molar-refractivity contribution is 5.97. The van der Waals surface area contributed by atoms with Crippen molar-refractivity contribution in [3.05, 3.63) is 71.0 Å². The highest BCUT2D eigenvalue weighted by Gasteiger charge is 2.15. The number of nitro groups is 1. The van der Waals surface area contributed by atoms with Crippen molar-refractivity contribution in [1.82, 2.24) is 4.57 Å². The minimum absolute atomic E-state index is 0.136. The number of hydrogen-bond acceptors (Lipinski definition) is 2. The molecule has 3 aromatic rings. The Morgan fingerprint density at radius 3 is 2.28 bits per heavy atom. The third-order valence-corrected chi connectivity index (χ3v) is 2.94. The molecule has 0 amide bonds. The molecule has 0 saturated carbocycles. The lowest BCUT2D eigenvalue weighted by Gasteiger charge is -2.08. The van der Waals surface area contributed by atoms with E-state index < -0.39 is 0 Å². The van der Waals surface area contributed by atoms with Crippen LogP contribution in [0.1, 0.15) is 0 Å². The summed E-state index contributed by atoms with van der Waals surface area (Å²) in [4.78, 5) is 10.8. The second-order valence-electron chi connectivity index (χ2n) is 4.00. The molecule has 1 heterocycles. The van der Waals surface area contributed by atoms with Crippen molar-refractivity contribution >= 4 is 16.5 Å². The fourth-order valence-corrected chi connectivity index (χ4v) is 2.16. The summed E-state index contributed by atoms with van der Waals surface area (Å²) in [6.07, 6.45) is 3.76. The molecule has 0 fully saturated rings. The summed E-state index contributed by atoms with van der Waals surface area (Å²) in [5.41, 5.74) is 0.960. The van der Waals surface area contributed by atoms with Crippen molar-refractivity contribution in [2.24, 2.45) is 0 Å². The number of nitrogens with zero attached hydrogens (tertiary/aromatic N) is 2. The number of hydrogen-bond donors (Lipinski definition) is 0. The number of rotatable bonds is 2. The Balaban J connectivity index is 2.42. The lowest BCUT2D eigenvalue weighted by molar-refractivity contribution is -0.383. The Labute approximate surface area is 103 Å². The Bertz CT molecular complexity index is 712. The summed E-state index contributed by atoms with van der Waals surface area (Å²) < 4.78 is 1.88. The molecule has 0 aliphatic rings. The lowest BCUT2D eigenvalue weighted by Crippen LogP contribution is -1.95. The molecule has 0 bridgehead atoms. The van der Waals surface area contributed by atoms with Crippen LogP contribution in [0.3, 0.4) is 0 Å². The van der Waals surface area contributed by atoms with Gasteiger partial charge < -0.3 is 4.57 Å². The van der Waals surface area contributed by atoms with Gasteiger partial charge in [-0.1, -0.05) is 24.3 Å². The first-order chi connectivity index (χ1) is 8.77. The molecule has 0 radical (unpaired) electrons. The molecule has 4 nitrogen and oxygen atoms in total. The summed E-state index contributed by atoms with van der Waals surface area (Å²) in [5.74, 6) is 0. The van der Waals surface area contributed by atoms with Gasteiger partial charge in [-0.05, 0) is 23.6 Å². The minimum atomic E-state index is -0.338. The second-order valence-corrected chi connectivity index (χ2v) is 4.00. The topological polar surface area (TPSA) is 48.1 Å². The van der Waals surface area contributed by atoms with Crippen LogP contribution in [0.2, 0.25) is 0 Å². The zero-order chi connectivity index (χ0) is 12.5. The first kappa shape index (κ1) is 10.5. The molecular weight excluding hydrogens is 228 g/mol. The van der Waals surface area contributed by atoms with E-state index in [1.165, 1.54) is 6.07 Å². The third-order valence-electron chi connectivity index (χ3n) is 2.94. The third kappa shape index (κ3) is 1.55. The van der Waals surface area contributed by atoms with Gasteiger partial charge in [-0.25, -0.2) is 0 Å². The average molecular weight is 238 g/mol. The van der Waals surface area contributed by atoms with Crippen LogP contribution in [-0.2, 0) is 0 Å². The van der Waals surface area contributed by atoms with Crippen LogP contribution in [0.5, 0.6) is 0 Å². The molecule has 0 saturated heterocycles. The SMILES string of the molecule is O=[N+]([O-])c1cccc2cccc(-n3cccc3)c12. The Hall–Kier alpha value is -2.62. The predicted molar refractivity (Wildman–Crippen MR) is 69.9 cm³/mol. The zero-order valence-corrected chi connectivity index (χ0v) is 9.48. The summed E-state index contributed by atoms with van der Waals surface area (Å²) in [7, 11) is 0. The zero-order valence-electron chi connectivity index (χ0n) is 9.48. The number of nitro benzene ring substituents is 1. The van der Waals surface area contributed by atoms with E-state index in [2.05, 4.69) is 0 Å². The van der Waals surface area contributed by atoms with Gasteiger partial charge >= 0.3 is 0 Å². The summed E-state index contributed by atoms with van der Waals surface area (Å²) >= 11 is 0. The number of benzene rings is 2. The molecule has 0 spiro atoms. The van der Waals surface area contributed by atoms with E-state index in [1.54, 1.807) is 6.07 Å². The second kappa shape index (κ2) is 4.00. The smallest absolute Gasteiger partial charge is 0.279 e. The Morgan fingerprint density at radius 1 is 0.944 bits per heavy atom. The molecule has 18 heavy (non-hydrogen) atoms. The number of aromatic nitrogens is 1. The normalized spacial score (nSPS) is 10.7. The van der Waals surface area contributed by atoms with Crippen molar-refractivity contribution < 1.29 is 4.92 Å². The van der Waals surface area contributed by atoms with Gasteiger partial charge in [-0.2, -0.15) is 0 Å². The van der Waals surface area contributed by atoms with Gasteiger partial charge in [-0.3, -0.25) is 10.1 Å². The Morgan fingerprint density at radius 2 is 1.61 bits per heavy atom. The molecule has 1 aromatic heterocycles. The number of fused-ring (bicyclic) bond motifs is 1. The predicted octanol–water partition coefficient (Wildman–Crippen LogP) is 3.54. The molecule has 0 atom stereocenters. The highest BCUT2D eigenvalue weighted by Crippen LogP contribution is 2.30. The van der Waals surface area contributed by atoms with Crippen molar-refractivity contribution in [3.8, 4) is 5.69 Å². The maximum Gasteiger partial charge on any atom is 0.279 e. The van der Waals surface area contributed by atoms with E-state index in [9.17, 15) is 10.1 Å². The molecule has 0 aliphatic heterocycles. The molecule has 88 valence electrons. The van der Waals surface area contributed by atoms with Crippen LogP contribution in [0, 0.1) is 10.1 Å². The van der Waals surface area contributed by atoms with Gasteiger partial charge in [-0.15, -0.1) is 0 Å². The molecular formula is C14H10N2O2. The van der Waals surface area contributed by atoms with Crippen molar-refractivity contribution in [3.63, 3.8) is 0 Å². The minimum Gasteiger partial charge on any atom is -0.323 e. The molecule has 3 rings (SSSR count). The van der Waals surface area contributed by atoms with Gasteiger partial charge in [0.1, 0.15) is 0 Å². The standard InChI is InChI=1S/C14H10N2O2/c17-16(18)13-8-4-6-11-5-3-7-12(14(11)13)15-9-1-2-10-15/h1-10H. The van der Waals surface area contributed by atoms with E-state index >= 15 is 0 Å². The lowest BCUT2D eigenvalue weighted by atomic mass is 10.1. The Kier molecular flexibility index (Phi) is 2.34. The van der Waals surface area contributed by atoms with Gasteiger partial charge in [0.15, 0.2) is 0 Å². The fraction of sp³-hybridized carbons (Fsp3) is 0. The van der Waals surface area contributed by atoms with Crippen LogP contribution >= 0.6 is 0 Å². The molecule has 0 N–H and O–H groups in total. The first-order valence-electron chi connectivity index (χ1n) is 5.57. The molecule has 0 unspecified atom stereocenters. The maximum atomic E-state index is 11.1. The van der Waals surface area contributed by atoms with E-state index in [-0.39, 0.29) is 10.6 Å². The van der Waals surface area contributed by atoms with Crippen LogP contribution < -0.4 is 0 Å². The van der Waals surface area contributed by atoms with Gasteiger partial charge in [0.05, 0.1) is 16.0 Å². The fourth-order valence-electron chi connectivity index (χ4n) is 2.16. The van der Waals surface area contributed by atoms with Crippen LogP contribution in [-0.4, -0.2) is 9.49 Å². The largest absolute Gasteiger partial charge is 0.323 e. The monoisotopic (exact) mass is 238 g/mol. The van der Waals surface area contributed by atoms with Gasteiger partial charge in [0, 0.05) is 18.5 Å². The van der Waals surface area contributed by atoms with Gasteiger partial charge in [0.25, 0.3) is 5.69 Å². The summed E-state index contributed by atoms with van der Waals surface area (Å²) in [6.45, 7) is 0. The van der Waals surface area contributed by atoms with Crippen molar-refractivity contribution in [2.45, 2.75) is 0 Å². The average Bonchev–Trinajstić information content (AvgIpc) is 2.91. The van der Waals surface area contributed by atoms with E-state index in [0.29, 0.717) is 5.39 Å². The first-order valence-corrected chi connectivity index (χ1v) is 5.57. The highest BCUT2D eigenvalue weighted by atomic mass is 16.6. The molecule has 2 aromatic carbocycles. The molecule has 0 aliphatic carbocycles.